The molecule has 4 rings (SSSR count). The Kier molecular flexibility index (Phi) is 6.41. The van der Waals surface area contributed by atoms with Gasteiger partial charge in [0, 0.05) is 12.6 Å². The summed E-state index contributed by atoms with van der Waals surface area (Å²) in [5.74, 6) is 1.49. The molecular weight excluding hydrogens is 384 g/mol. The van der Waals surface area contributed by atoms with Crippen molar-refractivity contribution in [1.82, 2.24) is 19.7 Å². The number of ether oxygens (including phenoxy) is 1. The Labute approximate surface area is 183 Å². The van der Waals surface area contributed by atoms with E-state index >= 15 is 0 Å². The van der Waals surface area contributed by atoms with Crippen LogP contribution in [0.1, 0.15) is 30.7 Å². The molecule has 0 atom stereocenters. The Morgan fingerprint density at radius 1 is 1.03 bits per heavy atom. The summed E-state index contributed by atoms with van der Waals surface area (Å²) in [6.45, 7) is 7.16. The predicted molar refractivity (Wildman–Crippen MR) is 124 cm³/mol. The summed E-state index contributed by atoms with van der Waals surface area (Å²) in [4.78, 5) is 8.55. The van der Waals surface area contributed by atoms with Gasteiger partial charge in [-0.05, 0) is 65.8 Å². The molecule has 2 heterocycles. The van der Waals surface area contributed by atoms with Crippen molar-refractivity contribution in [3.8, 4) is 22.6 Å². The number of nitrogens with zero attached hydrogens (tertiary/aromatic N) is 4. The minimum absolute atomic E-state index is 0.537. The van der Waals surface area contributed by atoms with Gasteiger partial charge in [-0.25, -0.2) is 9.67 Å². The van der Waals surface area contributed by atoms with Crippen LogP contribution in [0.2, 0.25) is 0 Å². The summed E-state index contributed by atoms with van der Waals surface area (Å²) in [5, 5.41) is 4.22. The van der Waals surface area contributed by atoms with Crippen LogP contribution in [0.15, 0.2) is 73.4 Å². The van der Waals surface area contributed by atoms with E-state index in [1.807, 2.05) is 12.1 Å². The summed E-state index contributed by atoms with van der Waals surface area (Å²) in [5.41, 5.74) is 6.91. The van der Waals surface area contributed by atoms with Gasteiger partial charge in [0.25, 0.3) is 0 Å². The van der Waals surface area contributed by atoms with Crippen molar-refractivity contribution in [2.24, 2.45) is 5.92 Å². The first-order valence-corrected chi connectivity index (χ1v) is 10.7. The molecule has 0 aliphatic heterocycles. The summed E-state index contributed by atoms with van der Waals surface area (Å²) in [7, 11) is 0. The van der Waals surface area contributed by atoms with Crippen LogP contribution >= 0.6 is 0 Å². The highest BCUT2D eigenvalue weighted by atomic mass is 16.5. The fourth-order valence-corrected chi connectivity index (χ4v) is 3.84. The topological polar surface area (TPSA) is 52.8 Å². The summed E-state index contributed by atoms with van der Waals surface area (Å²) >= 11 is 0. The van der Waals surface area contributed by atoms with Gasteiger partial charge in [0.15, 0.2) is 0 Å². The SMILES string of the molecule is Cc1cc(OCCc2ncccc2-n2cncn2)cc(-c2ccccc2CC(C)C)c1. The molecule has 0 aliphatic carbocycles. The molecule has 0 amide bonds. The molecule has 2 aromatic carbocycles. The molecule has 0 spiro atoms. The first kappa shape index (κ1) is 20.8. The molecule has 0 saturated carbocycles. The van der Waals surface area contributed by atoms with Crippen molar-refractivity contribution in [3.63, 3.8) is 0 Å². The molecule has 5 nitrogen and oxygen atoms in total. The second kappa shape index (κ2) is 9.56. The van der Waals surface area contributed by atoms with Gasteiger partial charge in [-0.3, -0.25) is 4.98 Å². The smallest absolute Gasteiger partial charge is 0.138 e. The van der Waals surface area contributed by atoms with Crippen LogP contribution in [-0.2, 0) is 12.8 Å². The van der Waals surface area contributed by atoms with Gasteiger partial charge < -0.3 is 4.74 Å². The van der Waals surface area contributed by atoms with Gasteiger partial charge in [-0.1, -0.05) is 44.2 Å². The van der Waals surface area contributed by atoms with Crippen molar-refractivity contribution in [2.75, 3.05) is 6.61 Å². The number of hydrogen-bond acceptors (Lipinski definition) is 4. The second-order valence-electron chi connectivity index (χ2n) is 8.20. The lowest BCUT2D eigenvalue weighted by atomic mass is 9.93. The second-order valence-corrected chi connectivity index (χ2v) is 8.20. The molecule has 0 bridgehead atoms. The quantitative estimate of drug-likeness (QED) is 0.386. The highest BCUT2D eigenvalue weighted by molar-refractivity contribution is 5.69. The van der Waals surface area contributed by atoms with E-state index in [0.717, 1.165) is 23.6 Å². The predicted octanol–water partition coefficient (Wildman–Crippen LogP) is 5.46. The van der Waals surface area contributed by atoms with Gasteiger partial charge in [-0.2, -0.15) is 5.10 Å². The summed E-state index contributed by atoms with van der Waals surface area (Å²) < 4.78 is 7.90. The lowest BCUT2D eigenvalue weighted by Gasteiger charge is -2.14. The van der Waals surface area contributed by atoms with Gasteiger partial charge in [0.2, 0.25) is 0 Å². The third kappa shape index (κ3) is 5.18. The molecule has 0 unspecified atom stereocenters. The van der Waals surface area contributed by atoms with Crippen molar-refractivity contribution in [3.05, 3.63) is 90.3 Å². The number of benzene rings is 2. The number of pyridine rings is 1. The van der Waals surface area contributed by atoms with Gasteiger partial charge >= 0.3 is 0 Å². The van der Waals surface area contributed by atoms with E-state index in [0.29, 0.717) is 18.9 Å². The zero-order chi connectivity index (χ0) is 21.6. The zero-order valence-electron chi connectivity index (χ0n) is 18.3. The Bertz CT molecular complexity index is 1140. The number of aromatic nitrogens is 4. The molecule has 158 valence electrons. The first-order valence-electron chi connectivity index (χ1n) is 10.7. The van der Waals surface area contributed by atoms with Crippen LogP contribution in [0.3, 0.4) is 0 Å². The maximum atomic E-state index is 6.16. The lowest BCUT2D eigenvalue weighted by molar-refractivity contribution is 0.320. The molecule has 2 aromatic heterocycles. The molecule has 5 heteroatoms. The molecule has 31 heavy (non-hydrogen) atoms. The average molecular weight is 413 g/mol. The number of hydrogen-bond donors (Lipinski definition) is 0. The Morgan fingerprint density at radius 3 is 2.71 bits per heavy atom. The average Bonchev–Trinajstić information content (AvgIpc) is 3.28. The molecule has 0 aliphatic rings. The van der Waals surface area contributed by atoms with Crippen molar-refractivity contribution in [2.45, 2.75) is 33.6 Å². The van der Waals surface area contributed by atoms with Crippen molar-refractivity contribution >= 4 is 0 Å². The van der Waals surface area contributed by atoms with Gasteiger partial charge in [0.05, 0.1) is 18.0 Å². The first-order chi connectivity index (χ1) is 15.1. The Hall–Kier alpha value is -3.47. The molecule has 0 saturated heterocycles. The minimum Gasteiger partial charge on any atom is -0.493 e. The van der Waals surface area contributed by atoms with Crippen LogP contribution in [-0.4, -0.2) is 26.4 Å². The third-order valence-electron chi connectivity index (χ3n) is 5.15. The van der Waals surface area contributed by atoms with E-state index in [4.69, 9.17) is 4.74 Å². The van der Waals surface area contributed by atoms with Crippen molar-refractivity contribution < 1.29 is 4.74 Å². The molecule has 0 fully saturated rings. The van der Waals surface area contributed by atoms with Gasteiger partial charge in [0.1, 0.15) is 18.4 Å². The lowest BCUT2D eigenvalue weighted by Crippen LogP contribution is -2.08. The van der Waals surface area contributed by atoms with E-state index in [1.54, 1.807) is 17.2 Å². The van der Waals surface area contributed by atoms with E-state index < -0.39 is 0 Å². The van der Waals surface area contributed by atoms with E-state index in [2.05, 4.69) is 78.3 Å². The monoisotopic (exact) mass is 412 g/mol. The van der Waals surface area contributed by atoms with Crippen molar-refractivity contribution in [1.29, 1.82) is 0 Å². The maximum Gasteiger partial charge on any atom is 0.138 e. The molecule has 0 N–H and O–H groups in total. The van der Waals surface area contributed by atoms with Crippen LogP contribution in [0.5, 0.6) is 5.75 Å². The number of rotatable bonds is 8. The normalized spacial score (nSPS) is 11.1. The maximum absolute atomic E-state index is 6.16. The Balaban J connectivity index is 1.51. The third-order valence-corrected chi connectivity index (χ3v) is 5.15. The molecular formula is C26H28N4O. The van der Waals surface area contributed by atoms with Crippen LogP contribution in [0.25, 0.3) is 16.8 Å². The molecule has 4 aromatic rings. The Morgan fingerprint density at radius 2 is 1.90 bits per heavy atom. The van der Waals surface area contributed by atoms with E-state index in [9.17, 15) is 0 Å². The summed E-state index contributed by atoms with van der Waals surface area (Å²) in [6, 6.07) is 19.0. The highest BCUT2D eigenvalue weighted by Gasteiger charge is 2.10. The molecule has 0 radical (unpaired) electrons. The fourth-order valence-electron chi connectivity index (χ4n) is 3.84. The largest absolute Gasteiger partial charge is 0.493 e. The van der Waals surface area contributed by atoms with Crippen LogP contribution < -0.4 is 4.74 Å². The summed E-state index contributed by atoms with van der Waals surface area (Å²) in [6.07, 6.45) is 6.75. The number of aryl methyl sites for hydroxylation is 1. The standard InChI is InChI=1S/C26H28N4O/c1-19(2)13-21-7-4-5-8-24(21)22-14-20(3)15-23(16-22)31-12-10-25-26(9-6-11-28-25)30-18-27-17-29-30/h4-9,11,14-19H,10,12-13H2,1-3H3. The van der Waals surface area contributed by atoms with Crippen LogP contribution in [0, 0.1) is 12.8 Å². The minimum atomic E-state index is 0.537. The highest BCUT2D eigenvalue weighted by Crippen LogP contribution is 2.30. The van der Waals surface area contributed by atoms with E-state index in [1.165, 1.54) is 28.6 Å². The van der Waals surface area contributed by atoms with E-state index in [-0.39, 0.29) is 0 Å². The van der Waals surface area contributed by atoms with Crippen LogP contribution in [0.4, 0.5) is 0 Å². The fraction of sp³-hybridized carbons (Fsp3) is 0.269. The zero-order valence-corrected chi connectivity index (χ0v) is 18.3. The van der Waals surface area contributed by atoms with Gasteiger partial charge in [-0.15, -0.1) is 0 Å².